The molecule has 0 N–H and O–H groups in total. The van der Waals surface area contributed by atoms with E-state index in [1.807, 2.05) is 0 Å². The number of ether oxygens (including phenoxy) is 1. The molecule has 0 spiro atoms. The Labute approximate surface area is 118 Å². The summed E-state index contributed by atoms with van der Waals surface area (Å²) in [7, 11) is -0.924. The van der Waals surface area contributed by atoms with E-state index < -0.39 is 16.0 Å². The second kappa shape index (κ2) is 5.97. The molecule has 1 aromatic rings. The molecule has 112 valence electrons. The fourth-order valence-corrected chi connectivity index (χ4v) is 3.77. The average Bonchev–Trinajstić information content (AvgIpc) is 2.97. The van der Waals surface area contributed by atoms with Crippen LogP contribution in [0.3, 0.4) is 0 Å². The third-order valence-electron chi connectivity index (χ3n) is 3.69. The molecule has 6 nitrogen and oxygen atoms in total. The molecule has 1 heterocycles. The highest BCUT2D eigenvalue weighted by Crippen LogP contribution is 2.27. The molecule has 0 unspecified atom stereocenters. The normalized spacial score (nSPS) is 17.4. The molecular weight excluding hydrogens is 282 g/mol. The van der Waals surface area contributed by atoms with Gasteiger partial charge in [0.2, 0.25) is 10.9 Å². The predicted molar refractivity (Wildman–Crippen MR) is 71.9 cm³/mol. The Bertz CT molecular complexity index is 571. The number of furan rings is 1. The van der Waals surface area contributed by atoms with Crippen molar-refractivity contribution in [1.82, 2.24) is 4.31 Å². The number of nitrogens with zero attached hydrogens (tertiary/aromatic N) is 1. The Morgan fingerprint density at radius 3 is 2.55 bits per heavy atom. The van der Waals surface area contributed by atoms with E-state index in [1.165, 1.54) is 23.5 Å². The van der Waals surface area contributed by atoms with Crippen LogP contribution in [0.15, 0.2) is 21.6 Å². The van der Waals surface area contributed by atoms with Crippen LogP contribution in [-0.2, 0) is 14.8 Å². The largest absolute Gasteiger partial charge is 0.463 e. The van der Waals surface area contributed by atoms with Crippen molar-refractivity contribution in [1.29, 1.82) is 0 Å². The Hall–Kier alpha value is -1.34. The predicted octanol–water partition coefficient (Wildman–Crippen LogP) is 2.02. The summed E-state index contributed by atoms with van der Waals surface area (Å²) in [6, 6.07) is 2.61. The van der Waals surface area contributed by atoms with Crippen LogP contribution in [0.2, 0.25) is 0 Å². The maximum atomic E-state index is 12.4. The van der Waals surface area contributed by atoms with Crippen LogP contribution in [0.25, 0.3) is 0 Å². The number of carbonyl (C=O) groups excluding carboxylic acids is 1. The van der Waals surface area contributed by atoms with Gasteiger partial charge in [0.05, 0.1) is 7.11 Å². The van der Waals surface area contributed by atoms with Crippen LogP contribution in [0.4, 0.5) is 0 Å². The molecule has 0 atom stereocenters. The Kier molecular flexibility index (Phi) is 4.49. The lowest BCUT2D eigenvalue weighted by Crippen LogP contribution is -2.38. The van der Waals surface area contributed by atoms with E-state index in [9.17, 15) is 13.2 Å². The van der Waals surface area contributed by atoms with Crippen molar-refractivity contribution < 1.29 is 22.4 Å². The lowest BCUT2D eigenvalue weighted by Gasteiger charge is -2.29. The summed E-state index contributed by atoms with van der Waals surface area (Å²) >= 11 is 0. The zero-order chi connectivity index (χ0) is 14.8. The maximum absolute atomic E-state index is 12.4. The van der Waals surface area contributed by atoms with Crippen molar-refractivity contribution >= 4 is 16.0 Å². The second-order valence-corrected chi connectivity index (χ2v) is 6.85. The number of hydrogen-bond donors (Lipinski definition) is 0. The quantitative estimate of drug-likeness (QED) is 0.795. The van der Waals surface area contributed by atoms with Gasteiger partial charge in [-0.15, -0.1) is 0 Å². The van der Waals surface area contributed by atoms with Gasteiger partial charge in [-0.2, -0.15) is 4.31 Å². The number of carbonyl (C=O) groups is 1. The molecule has 0 bridgehead atoms. The molecule has 1 saturated carbocycles. The number of hydrogen-bond acceptors (Lipinski definition) is 5. The van der Waals surface area contributed by atoms with Crippen LogP contribution >= 0.6 is 0 Å². The van der Waals surface area contributed by atoms with Gasteiger partial charge >= 0.3 is 5.97 Å². The third-order valence-corrected chi connectivity index (χ3v) is 5.47. The molecule has 0 amide bonds. The molecule has 1 aliphatic carbocycles. The van der Waals surface area contributed by atoms with Gasteiger partial charge in [0.1, 0.15) is 0 Å². The molecule has 0 aromatic carbocycles. The van der Waals surface area contributed by atoms with Crippen molar-refractivity contribution in [3.05, 3.63) is 17.9 Å². The van der Waals surface area contributed by atoms with E-state index in [4.69, 9.17) is 4.42 Å². The van der Waals surface area contributed by atoms with Crippen molar-refractivity contribution in [3.63, 3.8) is 0 Å². The minimum atomic E-state index is -3.70. The summed E-state index contributed by atoms with van der Waals surface area (Å²) in [5.41, 5.74) is 0. The fraction of sp³-hybridized carbons (Fsp3) is 0.615. The van der Waals surface area contributed by atoms with Gasteiger partial charge < -0.3 is 9.15 Å². The van der Waals surface area contributed by atoms with Crippen molar-refractivity contribution in [2.24, 2.45) is 0 Å². The summed E-state index contributed by atoms with van der Waals surface area (Å²) < 4.78 is 35.8. The van der Waals surface area contributed by atoms with Crippen LogP contribution in [0.1, 0.15) is 42.7 Å². The highest BCUT2D eigenvalue weighted by molar-refractivity contribution is 7.89. The zero-order valence-corrected chi connectivity index (χ0v) is 12.5. The fourth-order valence-electron chi connectivity index (χ4n) is 2.45. The lowest BCUT2D eigenvalue weighted by atomic mass is 9.96. The number of esters is 1. The first-order chi connectivity index (χ1) is 9.46. The summed E-state index contributed by atoms with van der Waals surface area (Å²) in [5, 5.41) is -0.217. The van der Waals surface area contributed by atoms with E-state index in [1.54, 1.807) is 7.05 Å². The van der Waals surface area contributed by atoms with E-state index in [-0.39, 0.29) is 16.9 Å². The number of methoxy groups -OCH3 is 1. The Morgan fingerprint density at radius 2 is 1.95 bits per heavy atom. The minimum absolute atomic E-state index is 0.000395. The summed E-state index contributed by atoms with van der Waals surface area (Å²) in [5.74, 6) is -0.796. The average molecular weight is 301 g/mol. The highest BCUT2D eigenvalue weighted by Gasteiger charge is 2.32. The van der Waals surface area contributed by atoms with E-state index in [0.29, 0.717) is 0 Å². The first kappa shape index (κ1) is 15.1. The molecule has 0 aliphatic heterocycles. The molecule has 7 heteroatoms. The molecule has 2 rings (SSSR count). The number of rotatable bonds is 4. The SMILES string of the molecule is COC(=O)c1ccc(S(=O)(=O)N(C)C2CCCCC2)o1. The summed E-state index contributed by atoms with van der Waals surface area (Å²) in [4.78, 5) is 11.3. The topological polar surface area (TPSA) is 76.8 Å². The molecule has 0 radical (unpaired) electrons. The summed E-state index contributed by atoms with van der Waals surface area (Å²) in [6.07, 6.45) is 4.95. The molecular formula is C13H19NO5S. The van der Waals surface area contributed by atoms with Crippen LogP contribution in [-0.4, -0.2) is 38.9 Å². The highest BCUT2D eigenvalue weighted by atomic mass is 32.2. The Balaban J connectivity index is 2.20. The summed E-state index contributed by atoms with van der Waals surface area (Å²) in [6.45, 7) is 0. The zero-order valence-electron chi connectivity index (χ0n) is 11.7. The Morgan fingerprint density at radius 1 is 1.30 bits per heavy atom. The lowest BCUT2D eigenvalue weighted by molar-refractivity contribution is 0.0558. The third kappa shape index (κ3) is 2.88. The van der Waals surface area contributed by atoms with Gasteiger partial charge in [-0.05, 0) is 25.0 Å². The first-order valence-electron chi connectivity index (χ1n) is 6.63. The van der Waals surface area contributed by atoms with Gasteiger partial charge in [0, 0.05) is 13.1 Å². The van der Waals surface area contributed by atoms with Gasteiger partial charge in [-0.1, -0.05) is 19.3 Å². The minimum Gasteiger partial charge on any atom is -0.463 e. The van der Waals surface area contributed by atoms with Crippen molar-refractivity contribution in [2.45, 2.75) is 43.2 Å². The van der Waals surface area contributed by atoms with Gasteiger partial charge in [0.15, 0.2) is 0 Å². The van der Waals surface area contributed by atoms with Gasteiger partial charge in [0.25, 0.3) is 10.0 Å². The molecule has 0 saturated heterocycles. The van der Waals surface area contributed by atoms with E-state index >= 15 is 0 Å². The van der Waals surface area contributed by atoms with E-state index in [0.717, 1.165) is 32.1 Å². The van der Waals surface area contributed by atoms with Crippen LogP contribution < -0.4 is 0 Å². The molecule has 1 aromatic heterocycles. The van der Waals surface area contributed by atoms with Gasteiger partial charge in [-0.25, -0.2) is 13.2 Å². The molecule has 1 fully saturated rings. The van der Waals surface area contributed by atoms with Crippen LogP contribution in [0, 0.1) is 0 Å². The smallest absolute Gasteiger partial charge is 0.374 e. The second-order valence-electron chi connectivity index (χ2n) is 4.92. The monoisotopic (exact) mass is 301 g/mol. The molecule has 1 aliphatic rings. The number of sulfonamides is 1. The van der Waals surface area contributed by atoms with E-state index in [2.05, 4.69) is 4.74 Å². The van der Waals surface area contributed by atoms with Gasteiger partial charge in [-0.3, -0.25) is 0 Å². The molecule has 20 heavy (non-hydrogen) atoms. The van der Waals surface area contributed by atoms with Crippen molar-refractivity contribution in [2.75, 3.05) is 14.2 Å². The van der Waals surface area contributed by atoms with Crippen LogP contribution in [0.5, 0.6) is 0 Å². The van der Waals surface area contributed by atoms with Crippen molar-refractivity contribution in [3.8, 4) is 0 Å². The standard InChI is InChI=1S/C13H19NO5S/c1-14(10-6-4-3-5-7-10)20(16,17)12-9-8-11(19-12)13(15)18-2/h8-10H,3-7H2,1-2H3. The first-order valence-corrected chi connectivity index (χ1v) is 8.07. The maximum Gasteiger partial charge on any atom is 0.374 e.